The Morgan fingerprint density at radius 2 is 0.848 bits per heavy atom. The van der Waals surface area contributed by atoms with E-state index in [9.17, 15) is 16.8 Å². The Kier molecular flexibility index (Phi) is 14.7. The minimum Gasteiger partial charge on any atom is -0.372 e. The van der Waals surface area contributed by atoms with Gasteiger partial charge in [-0.1, -0.05) is 0 Å². The zero-order chi connectivity index (χ0) is 24.4. The average molecular weight is 579 g/mol. The maximum Gasteiger partial charge on any atom is 0.324 e. The smallest absolute Gasteiger partial charge is 0.324 e. The molecular formula is C20H30FeN2O6S4. The molecule has 188 valence electrons. The van der Waals surface area contributed by atoms with Gasteiger partial charge in [-0.15, -0.1) is 0 Å². The summed E-state index contributed by atoms with van der Waals surface area (Å²) in [5.74, 6) is 0. The molecule has 0 radical (unpaired) electrons. The van der Waals surface area contributed by atoms with Gasteiger partial charge in [0.05, 0.1) is 0 Å². The van der Waals surface area contributed by atoms with Crippen molar-refractivity contribution in [2.75, 3.05) is 36.0 Å². The number of hydrogen-bond donors (Lipinski definition) is 2. The van der Waals surface area contributed by atoms with Crippen LogP contribution in [-0.4, -0.2) is 52.1 Å². The van der Waals surface area contributed by atoms with Gasteiger partial charge >= 0.3 is 18.3 Å². The Morgan fingerprint density at radius 1 is 0.606 bits per heavy atom. The van der Waals surface area contributed by atoms with Crippen LogP contribution in [0.1, 0.15) is 27.7 Å². The van der Waals surface area contributed by atoms with Crippen molar-refractivity contribution >= 4 is 51.3 Å². The summed E-state index contributed by atoms with van der Waals surface area (Å²) in [5, 5.41) is 0. The average Bonchev–Trinajstić information content (AvgIpc) is 2.70. The van der Waals surface area contributed by atoms with Crippen LogP contribution in [0.4, 0.5) is 11.4 Å². The van der Waals surface area contributed by atoms with Crippen molar-refractivity contribution in [3.63, 3.8) is 0 Å². The van der Waals surface area contributed by atoms with Crippen LogP contribution in [0.5, 0.6) is 0 Å². The van der Waals surface area contributed by atoms with Crippen LogP contribution in [0.2, 0.25) is 0 Å². The summed E-state index contributed by atoms with van der Waals surface area (Å²) in [5.41, 5.74) is 2.09. The minimum absolute atomic E-state index is 0. The maximum absolute atomic E-state index is 10.6. The molecule has 13 heteroatoms. The zero-order valence-corrected chi connectivity index (χ0v) is 23.2. The molecule has 0 spiro atoms. The molecule has 2 aromatic carbocycles. The van der Waals surface area contributed by atoms with E-state index in [4.69, 9.17) is 9.11 Å². The predicted octanol–water partition coefficient (Wildman–Crippen LogP) is 4.85. The monoisotopic (exact) mass is 578 g/mol. The third-order valence-corrected chi connectivity index (χ3v) is 8.10. The fraction of sp³-hybridized carbons (Fsp3) is 0.400. The Balaban J connectivity index is 0.000000602. The Hall–Kier alpha value is -0.921. The third kappa shape index (κ3) is 12.9. The van der Waals surface area contributed by atoms with Gasteiger partial charge in [-0.3, -0.25) is 9.11 Å². The van der Waals surface area contributed by atoms with Crippen molar-refractivity contribution in [3.8, 4) is 0 Å². The minimum atomic E-state index is -4.02. The largest absolute Gasteiger partial charge is 0.372 e. The molecule has 0 fully saturated rings. The van der Waals surface area contributed by atoms with Crippen LogP contribution in [0, 0.1) is 0 Å². The second-order valence-electron chi connectivity index (χ2n) is 6.35. The Morgan fingerprint density at radius 3 is 1.03 bits per heavy atom. The van der Waals surface area contributed by atoms with Crippen LogP contribution < -0.4 is 9.80 Å². The molecule has 0 bridgehead atoms. The van der Waals surface area contributed by atoms with Gasteiger partial charge in [-0.05, 0) is 76.2 Å². The van der Waals surface area contributed by atoms with Gasteiger partial charge in [0.1, 0.15) is 0 Å². The van der Waals surface area contributed by atoms with Gasteiger partial charge in [-0.25, -0.2) is 0 Å². The van der Waals surface area contributed by atoms with Crippen molar-refractivity contribution in [1.29, 1.82) is 0 Å². The summed E-state index contributed by atoms with van der Waals surface area (Å²) >= 11 is 0. The van der Waals surface area contributed by atoms with E-state index in [2.05, 4.69) is 37.5 Å². The number of rotatable bonds is 10. The maximum atomic E-state index is 10.6. The fourth-order valence-electron chi connectivity index (χ4n) is 2.85. The second kappa shape index (κ2) is 15.2. The van der Waals surface area contributed by atoms with Crippen molar-refractivity contribution in [1.82, 2.24) is 0 Å². The van der Waals surface area contributed by atoms with Crippen LogP contribution >= 0.6 is 21.6 Å². The van der Waals surface area contributed by atoms with Gasteiger partial charge in [-0.2, -0.15) is 16.8 Å². The fourth-order valence-corrected chi connectivity index (χ4v) is 5.95. The molecule has 0 aliphatic carbocycles. The molecule has 0 unspecified atom stereocenters. The van der Waals surface area contributed by atoms with E-state index in [0.717, 1.165) is 37.6 Å². The molecule has 33 heavy (non-hydrogen) atoms. The van der Waals surface area contributed by atoms with E-state index in [-0.39, 0.29) is 17.1 Å². The normalized spacial score (nSPS) is 11.1. The van der Waals surface area contributed by atoms with Gasteiger partial charge in [0.2, 0.25) is 0 Å². The van der Waals surface area contributed by atoms with E-state index < -0.39 is 18.3 Å². The van der Waals surface area contributed by atoms with Crippen LogP contribution in [-0.2, 0) is 35.4 Å². The van der Waals surface area contributed by atoms with E-state index in [0.29, 0.717) is 31.4 Å². The quantitative estimate of drug-likeness (QED) is 0.230. The van der Waals surface area contributed by atoms with Gasteiger partial charge < -0.3 is 9.80 Å². The third-order valence-electron chi connectivity index (χ3n) is 4.33. The SMILES string of the molecule is CCN(CC)c1ccc(SS(=O)(=O)O)cc1.CCN(CC)c1ccc(SS(=O)(=O)O)cc1.[Fe]. The summed E-state index contributed by atoms with van der Waals surface area (Å²) in [6, 6.07) is 14.1. The zero-order valence-electron chi connectivity index (χ0n) is 18.9. The summed E-state index contributed by atoms with van der Waals surface area (Å²) in [6.07, 6.45) is 0. The predicted molar refractivity (Wildman–Crippen MR) is 135 cm³/mol. The van der Waals surface area contributed by atoms with Crippen molar-refractivity contribution in [2.24, 2.45) is 0 Å². The Bertz CT molecular complexity index is 940. The van der Waals surface area contributed by atoms with Crippen LogP contribution in [0.25, 0.3) is 0 Å². The van der Waals surface area contributed by atoms with Gasteiger partial charge in [0.25, 0.3) is 0 Å². The second-order valence-corrected chi connectivity index (χ2v) is 12.9. The molecule has 0 saturated heterocycles. The number of hydrogen-bond acceptors (Lipinski definition) is 8. The van der Waals surface area contributed by atoms with E-state index in [1.807, 2.05) is 24.3 Å². The van der Waals surface area contributed by atoms with Gasteiger partial charge in [0, 0.05) is 86.0 Å². The summed E-state index contributed by atoms with van der Waals surface area (Å²) in [6.45, 7) is 11.9. The first kappa shape index (κ1) is 32.1. The molecule has 2 rings (SSSR count). The standard InChI is InChI=1S/2C10H15NO3S2.Fe/c2*1-3-11(4-2)9-5-7-10(8-6-9)15-16(12,13)14;/h2*5-8H,3-4H2,1-2H3,(H,12,13,14);. The molecule has 2 N–H and O–H groups in total. The number of anilines is 2. The molecule has 0 aliphatic heterocycles. The molecule has 0 aliphatic rings. The van der Waals surface area contributed by atoms with Crippen molar-refractivity contribution in [3.05, 3.63) is 48.5 Å². The van der Waals surface area contributed by atoms with E-state index in [1.54, 1.807) is 24.3 Å². The molecule has 2 aromatic rings. The van der Waals surface area contributed by atoms with Crippen LogP contribution in [0.15, 0.2) is 58.3 Å². The first-order valence-electron chi connectivity index (χ1n) is 9.96. The first-order valence-corrected chi connectivity index (χ1v) is 15.5. The number of benzene rings is 2. The molecule has 0 saturated carbocycles. The molecule has 0 atom stereocenters. The van der Waals surface area contributed by atoms with E-state index in [1.165, 1.54) is 0 Å². The molecule has 8 nitrogen and oxygen atoms in total. The van der Waals surface area contributed by atoms with Crippen molar-refractivity contribution in [2.45, 2.75) is 37.5 Å². The van der Waals surface area contributed by atoms with Gasteiger partial charge in [0.15, 0.2) is 0 Å². The molecule has 0 heterocycles. The number of nitrogens with zero attached hydrogens (tertiary/aromatic N) is 2. The topological polar surface area (TPSA) is 115 Å². The summed E-state index contributed by atoms with van der Waals surface area (Å²) in [4.78, 5) is 5.33. The Labute approximate surface area is 215 Å². The first-order chi connectivity index (χ1) is 14.9. The summed E-state index contributed by atoms with van der Waals surface area (Å²) in [7, 11) is -7.15. The summed E-state index contributed by atoms with van der Waals surface area (Å²) < 4.78 is 59.9. The van der Waals surface area contributed by atoms with Crippen LogP contribution in [0.3, 0.4) is 0 Å². The van der Waals surface area contributed by atoms with Crippen molar-refractivity contribution < 1.29 is 43.0 Å². The molecular weight excluding hydrogens is 548 g/mol. The molecule has 0 amide bonds. The van der Waals surface area contributed by atoms with E-state index >= 15 is 0 Å². The molecule has 0 aromatic heterocycles.